The molecule has 0 unspecified atom stereocenters. The summed E-state index contributed by atoms with van der Waals surface area (Å²) in [5, 5.41) is 3.01. The molecular formula is C13H13N3O2S. The molecule has 0 saturated heterocycles. The largest absolute Gasteiger partial charge is 0.493 e. The predicted octanol–water partition coefficient (Wildman–Crippen LogP) is 3.01. The third-order valence-corrected chi connectivity index (χ3v) is 3.62. The zero-order valence-electron chi connectivity index (χ0n) is 10.9. The lowest BCUT2D eigenvalue weighted by atomic mass is 10.3. The minimum Gasteiger partial charge on any atom is -0.493 e. The molecule has 0 atom stereocenters. The van der Waals surface area contributed by atoms with Gasteiger partial charge < -0.3 is 14.5 Å². The van der Waals surface area contributed by atoms with Crippen molar-refractivity contribution in [2.45, 2.75) is 6.92 Å². The van der Waals surface area contributed by atoms with Crippen molar-refractivity contribution in [3.63, 3.8) is 0 Å². The third-order valence-electron chi connectivity index (χ3n) is 2.85. The van der Waals surface area contributed by atoms with Gasteiger partial charge >= 0.3 is 0 Å². The van der Waals surface area contributed by atoms with Gasteiger partial charge in [0.05, 0.1) is 30.3 Å². The first-order chi connectivity index (χ1) is 9.21. The molecule has 5 nitrogen and oxygen atoms in total. The Morgan fingerprint density at radius 2 is 1.84 bits per heavy atom. The maximum Gasteiger partial charge on any atom is 0.163 e. The van der Waals surface area contributed by atoms with Crippen LogP contribution < -0.4 is 9.47 Å². The van der Waals surface area contributed by atoms with Crippen LogP contribution in [0.1, 0.15) is 5.01 Å². The molecule has 3 rings (SSSR count). The van der Waals surface area contributed by atoms with E-state index in [1.807, 2.05) is 24.4 Å². The van der Waals surface area contributed by atoms with E-state index in [2.05, 4.69) is 15.0 Å². The van der Waals surface area contributed by atoms with Crippen molar-refractivity contribution in [1.82, 2.24) is 15.0 Å². The maximum absolute atomic E-state index is 5.28. The number of aromatic amines is 1. The third kappa shape index (κ3) is 2.04. The van der Waals surface area contributed by atoms with Gasteiger partial charge in [-0.25, -0.2) is 9.97 Å². The second-order valence-electron chi connectivity index (χ2n) is 4.06. The summed E-state index contributed by atoms with van der Waals surface area (Å²) in [7, 11) is 3.23. The highest BCUT2D eigenvalue weighted by atomic mass is 32.1. The molecule has 1 N–H and O–H groups in total. The summed E-state index contributed by atoms with van der Waals surface area (Å²) in [6.45, 7) is 1.98. The van der Waals surface area contributed by atoms with Gasteiger partial charge in [-0.15, -0.1) is 11.3 Å². The fourth-order valence-corrected chi connectivity index (χ4v) is 2.53. The predicted molar refractivity (Wildman–Crippen MR) is 75.0 cm³/mol. The first-order valence-electron chi connectivity index (χ1n) is 5.75. The van der Waals surface area contributed by atoms with Crippen LogP contribution in [-0.4, -0.2) is 29.2 Å². The van der Waals surface area contributed by atoms with Gasteiger partial charge in [-0.1, -0.05) is 0 Å². The second-order valence-corrected chi connectivity index (χ2v) is 5.12. The van der Waals surface area contributed by atoms with Crippen LogP contribution in [-0.2, 0) is 0 Å². The number of fused-ring (bicyclic) bond motifs is 1. The van der Waals surface area contributed by atoms with Crippen LogP contribution in [0.15, 0.2) is 17.5 Å². The second kappa shape index (κ2) is 4.55. The molecule has 2 heterocycles. The minimum atomic E-state index is 0.669. The number of imidazole rings is 1. The number of methoxy groups -OCH3 is 2. The topological polar surface area (TPSA) is 60.0 Å². The van der Waals surface area contributed by atoms with Crippen LogP contribution in [0.5, 0.6) is 11.5 Å². The van der Waals surface area contributed by atoms with Crippen LogP contribution in [0.4, 0.5) is 0 Å². The molecule has 0 radical (unpaired) electrons. The maximum atomic E-state index is 5.28. The molecule has 0 spiro atoms. The molecule has 0 aliphatic rings. The van der Waals surface area contributed by atoms with Crippen LogP contribution >= 0.6 is 11.3 Å². The zero-order valence-corrected chi connectivity index (χ0v) is 11.7. The van der Waals surface area contributed by atoms with Gasteiger partial charge in [0.2, 0.25) is 0 Å². The monoisotopic (exact) mass is 275 g/mol. The molecule has 0 amide bonds. The Morgan fingerprint density at radius 3 is 2.47 bits per heavy atom. The molecule has 0 bridgehead atoms. The highest BCUT2D eigenvalue weighted by Gasteiger charge is 2.12. The smallest absolute Gasteiger partial charge is 0.163 e. The molecule has 6 heteroatoms. The van der Waals surface area contributed by atoms with Gasteiger partial charge in [0.15, 0.2) is 17.3 Å². The van der Waals surface area contributed by atoms with E-state index < -0.39 is 0 Å². The summed E-state index contributed by atoms with van der Waals surface area (Å²) in [6.07, 6.45) is 0. The Hall–Kier alpha value is -2.08. The lowest BCUT2D eigenvalue weighted by Gasteiger charge is -2.06. The van der Waals surface area contributed by atoms with Gasteiger partial charge in [0.25, 0.3) is 0 Å². The Kier molecular flexibility index (Phi) is 2.87. The van der Waals surface area contributed by atoms with E-state index in [0.717, 1.165) is 27.6 Å². The van der Waals surface area contributed by atoms with Crippen LogP contribution in [0, 0.1) is 6.92 Å². The van der Waals surface area contributed by atoms with Crippen molar-refractivity contribution in [2.75, 3.05) is 14.2 Å². The van der Waals surface area contributed by atoms with E-state index in [4.69, 9.17) is 9.47 Å². The molecule has 0 aliphatic carbocycles. The number of hydrogen-bond acceptors (Lipinski definition) is 5. The van der Waals surface area contributed by atoms with Gasteiger partial charge in [0.1, 0.15) is 5.69 Å². The molecular weight excluding hydrogens is 262 g/mol. The van der Waals surface area contributed by atoms with Crippen LogP contribution in [0.3, 0.4) is 0 Å². The number of ether oxygens (including phenoxy) is 2. The average Bonchev–Trinajstić information content (AvgIpc) is 3.02. The van der Waals surface area contributed by atoms with Crippen LogP contribution in [0.2, 0.25) is 0 Å². The first-order valence-corrected chi connectivity index (χ1v) is 6.63. The number of nitrogens with zero attached hydrogens (tertiary/aromatic N) is 2. The number of aromatic nitrogens is 3. The Balaban J connectivity index is 2.15. The van der Waals surface area contributed by atoms with Crippen molar-refractivity contribution in [3.05, 3.63) is 22.5 Å². The Morgan fingerprint density at radius 1 is 1.11 bits per heavy atom. The SMILES string of the molecule is COc1cc2nc(-c3csc(C)n3)[nH]c2cc1OC. The molecule has 0 saturated carbocycles. The van der Waals surface area contributed by atoms with E-state index in [1.165, 1.54) is 0 Å². The summed E-state index contributed by atoms with van der Waals surface area (Å²) in [6, 6.07) is 3.73. The van der Waals surface area contributed by atoms with Gasteiger partial charge in [-0.2, -0.15) is 0 Å². The Bertz CT molecular complexity index is 692. The lowest BCUT2D eigenvalue weighted by Crippen LogP contribution is -1.89. The van der Waals surface area contributed by atoms with E-state index in [-0.39, 0.29) is 0 Å². The molecule has 0 fully saturated rings. The summed E-state index contributed by atoms with van der Waals surface area (Å²) >= 11 is 1.60. The van der Waals surface area contributed by atoms with E-state index in [0.29, 0.717) is 11.5 Å². The van der Waals surface area contributed by atoms with Gasteiger partial charge in [-0.3, -0.25) is 0 Å². The van der Waals surface area contributed by atoms with E-state index in [1.54, 1.807) is 25.6 Å². The molecule has 19 heavy (non-hydrogen) atoms. The summed E-state index contributed by atoms with van der Waals surface area (Å²) in [5.41, 5.74) is 2.59. The van der Waals surface area contributed by atoms with Crippen molar-refractivity contribution in [2.24, 2.45) is 0 Å². The summed E-state index contributed by atoms with van der Waals surface area (Å²) in [4.78, 5) is 12.2. The van der Waals surface area contributed by atoms with Gasteiger partial charge in [-0.05, 0) is 6.92 Å². The number of H-pyrrole nitrogens is 1. The number of nitrogens with one attached hydrogen (secondary N) is 1. The lowest BCUT2D eigenvalue weighted by molar-refractivity contribution is 0.356. The quantitative estimate of drug-likeness (QED) is 0.798. The minimum absolute atomic E-state index is 0.669. The number of aryl methyl sites for hydroxylation is 1. The molecule has 2 aromatic heterocycles. The van der Waals surface area contributed by atoms with E-state index >= 15 is 0 Å². The zero-order chi connectivity index (χ0) is 13.4. The number of hydrogen-bond donors (Lipinski definition) is 1. The molecule has 3 aromatic rings. The van der Waals surface area contributed by atoms with Crippen molar-refractivity contribution >= 4 is 22.4 Å². The number of thiazole rings is 1. The number of benzene rings is 1. The molecule has 1 aromatic carbocycles. The van der Waals surface area contributed by atoms with Crippen molar-refractivity contribution in [3.8, 4) is 23.0 Å². The summed E-state index contributed by atoms with van der Waals surface area (Å²) < 4.78 is 10.5. The normalized spacial score (nSPS) is 10.9. The Labute approximate surface area is 114 Å². The fourth-order valence-electron chi connectivity index (χ4n) is 1.93. The fraction of sp³-hybridized carbons (Fsp3) is 0.231. The highest BCUT2D eigenvalue weighted by molar-refractivity contribution is 7.09. The number of rotatable bonds is 3. The first kappa shape index (κ1) is 12.0. The van der Waals surface area contributed by atoms with Crippen LogP contribution in [0.25, 0.3) is 22.6 Å². The summed E-state index contributed by atoms with van der Waals surface area (Å²) in [5.74, 6) is 2.11. The van der Waals surface area contributed by atoms with Crippen molar-refractivity contribution < 1.29 is 9.47 Å². The van der Waals surface area contributed by atoms with E-state index in [9.17, 15) is 0 Å². The average molecular weight is 275 g/mol. The molecule has 98 valence electrons. The highest BCUT2D eigenvalue weighted by Crippen LogP contribution is 2.32. The van der Waals surface area contributed by atoms with Crippen molar-refractivity contribution in [1.29, 1.82) is 0 Å². The standard InChI is InChI=1S/C13H13N3O2S/c1-7-14-10(6-19-7)13-15-8-4-11(17-2)12(18-3)5-9(8)16-13/h4-6H,1-3H3,(H,15,16). The molecule has 0 aliphatic heterocycles. The van der Waals surface area contributed by atoms with Gasteiger partial charge in [0, 0.05) is 17.5 Å².